The summed E-state index contributed by atoms with van der Waals surface area (Å²) in [6.45, 7) is 2.52. The molecule has 108 valence electrons. The van der Waals surface area contributed by atoms with E-state index in [1.54, 1.807) is 4.68 Å². The zero-order valence-corrected chi connectivity index (χ0v) is 10.8. The number of aryl methyl sites for hydroxylation is 1. The monoisotopic (exact) mass is 285 g/mol. The Morgan fingerprint density at radius 3 is 2.65 bits per heavy atom. The standard InChI is InChI=1S/C13H14F3N3O/c1-2-19-8-10(7-18-19)20-12-4-3-9(6-17)5-11(12)13(14,15)16/h3-5,7-8H,2,6,17H2,1H3. The van der Waals surface area contributed by atoms with E-state index in [9.17, 15) is 13.2 Å². The molecule has 0 saturated heterocycles. The SMILES string of the molecule is CCn1cc(Oc2ccc(CN)cc2C(F)(F)F)cn1. The molecular weight excluding hydrogens is 271 g/mol. The van der Waals surface area contributed by atoms with Gasteiger partial charge in [0.2, 0.25) is 0 Å². The molecule has 0 atom stereocenters. The summed E-state index contributed by atoms with van der Waals surface area (Å²) in [7, 11) is 0. The summed E-state index contributed by atoms with van der Waals surface area (Å²) in [6.07, 6.45) is -1.58. The van der Waals surface area contributed by atoms with E-state index < -0.39 is 11.7 Å². The molecule has 0 aliphatic heterocycles. The highest BCUT2D eigenvalue weighted by Crippen LogP contribution is 2.38. The van der Waals surface area contributed by atoms with Crippen molar-refractivity contribution in [1.29, 1.82) is 0 Å². The van der Waals surface area contributed by atoms with Crippen LogP contribution in [0.5, 0.6) is 11.5 Å². The van der Waals surface area contributed by atoms with Gasteiger partial charge in [0.15, 0.2) is 5.75 Å². The molecule has 1 aromatic heterocycles. The first kappa shape index (κ1) is 14.4. The third-order valence-electron chi connectivity index (χ3n) is 2.75. The summed E-state index contributed by atoms with van der Waals surface area (Å²) < 4.78 is 45.8. The van der Waals surface area contributed by atoms with E-state index in [-0.39, 0.29) is 18.0 Å². The fourth-order valence-electron chi connectivity index (χ4n) is 1.71. The molecule has 1 heterocycles. The van der Waals surface area contributed by atoms with Crippen LogP contribution in [0.2, 0.25) is 0 Å². The predicted octanol–water partition coefficient (Wildman–Crippen LogP) is 3.17. The average molecular weight is 285 g/mol. The maximum Gasteiger partial charge on any atom is 0.419 e. The summed E-state index contributed by atoms with van der Waals surface area (Å²) in [4.78, 5) is 0. The minimum absolute atomic E-state index is 0.0388. The van der Waals surface area contributed by atoms with Crippen molar-refractivity contribution in [2.75, 3.05) is 0 Å². The number of benzene rings is 1. The molecule has 0 spiro atoms. The van der Waals surface area contributed by atoms with Gasteiger partial charge in [0.1, 0.15) is 5.75 Å². The highest BCUT2D eigenvalue weighted by atomic mass is 19.4. The molecule has 0 amide bonds. The predicted molar refractivity (Wildman–Crippen MR) is 67.3 cm³/mol. The minimum Gasteiger partial charge on any atom is -0.453 e. The summed E-state index contributed by atoms with van der Waals surface area (Å²) in [5.74, 6) is 0.00296. The van der Waals surface area contributed by atoms with Gasteiger partial charge in [-0.2, -0.15) is 18.3 Å². The quantitative estimate of drug-likeness (QED) is 0.938. The zero-order chi connectivity index (χ0) is 14.8. The molecule has 2 N–H and O–H groups in total. The van der Waals surface area contributed by atoms with Crippen molar-refractivity contribution < 1.29 is 17.9 Å². The number of rotatable bonds is 4. The van der Waals surface area contributed by atoms with Crippen molar-refractivity contribution in [2.45, 2.75) is 26.2 Å². The lowest BCUT2D eigenvalue weighted by Crippen LogP contribution is -2.09. The van der Waals surface area contributed by atoms with Gasteiger partial charge >= 0.3 is 6.18 Å². The number of ether oxygens (including phenoxy) is 1. The highest BCUT2D eigenvalue weighted by molar-refractivity contribution is 5.41. The van der Waals surface area contributed by atoms with E-state index in [0.29, 0.717) is 12.1 Å². The van der Waals surface area contributed by atoms with Crippen molar-refractivity contribution in [3.8, 4) is 11.5 Å². The second-order valence-corrected chi connectivity index (χ2v) is 4.17. The van der Waals surface area contributed by atoms with Gasteiger partial charge in [-0.25, -0.2) is 0 Å². The van der Waals surface area contributed by atoms with E-state index in [1.807, 2.05) is 6.92 Å². The van der Waals surface area contributed by atoms with Gasteiger partial charge in [-0.1, -0.05) is 6.07 Å². The molecular formula is C13H14F3N3O. The molecule has 0 aliphatic rings. The molecule has 2 rings (SSSR count). The van der Waals surface area contributed by atoms with Gasteiger partial charge in [0, 0.05) is 13.1 Å². The maximum absolute atomic E-state index is 13.0. The van der Waals surface area contributed by atoms with E-state index in [4.69, 9.17) is 10.5 Å². The number of nitrogens with zero attached hydrogens (tertiary/aromatic N) is 2. The van der Waals surface area contributed by atoms with Crippen LogP contribution in [0.3, 0.4) is 0 Å². The number of halogens is 3. The first-order chi connectivity index (χ1) is 9.44. The summed E-state index contributed by atoms with van der Waals surface area (Å²) in [6, 6.07) is 3.78. The average Bonchev–Trinajstić information content (AvgIpc) is 2.85. The molecule has 7 heteroatoms. The molecule has 0 aliphatic carbocycles. The number of alkyl halides is 3. The zero-order valence-electron chi connectivity index (χ0n) is 10.8. The van der Waals surface area contributed by atoms with E-state index in [1.165, 1.54) is 24.5 Å². The van der Waals surface area contributed by atoms with Crippen molar-refractivity contribution in [1.82, 2.24) is 9.78 Å². The second-order valence-electron chi connectivity index (χ2n) is 4.17. The Morgan fingerprint density at radius 1 is 1.35 bits per heavy atom. The summed E-state index contributed by atoms with van der Waals surface area (Å²) >= 11 is 0. The van der Waals surface area contributed by atoms with Crippen LogP contribution in [0.15, 0.2) is 30.6 Å². The van der Waals surface area contributed by atoms with Crippen LogP contribution in [-0.2, 0) is 19.3 Å². The van der Waals surface area contributed by atoms with Crippen LogP contribution in [0.25, 0.3) is 0 Å². The Labute approximate surface area is 114 Å². The number of hydrogen-bond donors (Lipinski definition) is 1. The first-order valence-corrected chi connectivity index (χ1v) is 6.04. The van der Waals surface area contributed by atoms with Crippen LogP contribution >= 0.6 is 0 Å². The summed E-state index contributed by atoms with van der Waals surface area (Å²) in [5.41, 5.74) is 4.92. The molecule has 1 aromatic carbocycles. The normalized spacial score (nSPS) is 11.7. The lowest BCUT2D eigenvalue weighted by atomic mass is 10.1. The van der Waals surface area contributed by atoms with Crippen LogP contribution in [0, 0.1) is 0 Å². The highest BCUT2D eigenvalue weighted by Gasteiger charge is 2.34. The molecule has 0 fully saturated rings. The number of aromatic nitrogens is 2. The van der Waals surface area contributed by atoms with Crippen molar-refractivity contribution in [2.24, 2.45) is 5.73 Å². The molecule has 20 heavy (non-hydrogen) atoms. The Balaban J connectivity index is 2.35. The first-order valence-electron chi connectivity index (χ1n) is 6.04. The Kier molecular flexibility index (Phi) is 3.99. The van der Waals surface area contributed by atoms with Crippen molar-refractivity contribution >= 4 is 0 Å². The van der Waals surface area contributed by atoms with Gasteiger partial charge in [0.25, 0.3) is 0 Å². The van der Waals surface area contributed by atoms with E-state index >= 15 is 0 Å². The van der Waals surface area contributed by atoms with Gasteiger partial charge in [-0.05, 0) is 24.6 Å². The Bertz CT molecular complexity index is 593. The van der Waals surface area contributed by atoms with Crippen molar-refractivity contribution in [3.63, 3.8) is 0 Å². The minimum atomic E-state index is -4.50. The fraction of sp³-hybridized carbons (Fsp3) is 0.308. The van der Waals surface area contributed by atoms with Gasteiger partial charge in [-0.3, -0.25) is 4.68 Å². The fourth-order valence-corrected chi connectivity index (χ4v) is 1.71. The Hall–Kier alpha value is -2.02. The molecule has 0 saturated carbocycles. The summed E-state index contributed by atoms with van der Waals surface area (Å²) in [5, 5.41) is 3.95. The van der Waals surface area contributed by atoms with Gasteiger partial charge < -0.3 is 10.5 Å². The number of nitrogens with two attached hydrogens (primary N) is 1. The molecule has 2 aromatic rings. The molecule has 0 unspecified atom stereocenters. The third-order valence-corrected chi connectivity index (χ3v) is 2.75. The van der Waals surface area contributed by atoms with E-state index in [2.05, 4.69) is 5.10 Å². The lowest BCUT2D eigenvalue weighted by Gasteiger charge is -2.14. The Morgan fingerprint density at radius 2 is 2.10 bits per heavy atom. The van der Waals surface area contributed by atoms with Gasteiger partial charge in [-0.15, -0.1) is 0 Å². The van der Waals surface area contributed by atoms with Crippen LogP contribution in [0.4, 0.5) is 13.2 Å². The number of hydrogen-bond acceptors (Lipinski definition) is 3. The third kappa shape index (κ3) is 3.11. The molecule has 4 nitrogen and oxygen atoms in total. The van der Waals surface area contributed by atoms with Crippen LogP contribution in [0.1, 0.15) is 18.1 Å². The van der Waals surface area contributed by atoms with E-state index in [0.717, 1.165) is 6.07 Å². The van der Waals surface area contributed by atoms with Crippen LogP contribution < -0.4 is 10.5 Å². The second kappa shape index (κ2) is 5.54. The maximum atomic E-state index is 13.0. The smallest absolute Gasteiger partial charge is 0.419 e. The largest absolute Gasteiger partial charge is 0.453 e. The van der Waals surface area contributed by atoms with Crippen LogP contribution in [-0.4, -0.2) is 9.78 Å². The topological polar surface area (TPSA) is 53.1 Å². The molecule has 0 bridgehead atoms. The lowest BCUT2D eigenvalue weighted by molar-refractivity contribution is -0.138. The molecule has 0 radical (unpaired) electrons. The van der Waals surface area contributed by atoms with Gasteiger partial charge in [0.05, 0.1) is 18.0 Å². The van der Waals surface area contributed by atoms with Crippen molar-refractivity contribution in [3.05, 3.63) is 41.7 Å².